The highest BCUT2D eigenvalue weighted by atomic mass is 19.3. The van der Waals surface area contributed by atoms with Crippen molar-refractivity contribution in [2.24, 2.45) is 0 Å². The normalized spacial score (nSPS) is 13.1. The highest BCUT2D eigenvalue weighted by Gasteiger charge is 2.37. The van der Waals surface area contributed by atoms with E-state index in [-0.39, 0.29) is 6.42 Å². The second kappa shape index (κ2) is 14.9. The fraction of sp³-hybridized carbons (Fsp3) is 0.550. The summed E-state index contributed by atoms with van der Waals surface area (Å²) in [4.78, 5) is 10.2. The van der Waals surface area contributed by atoms with Crippen LogP contribution in [0.1, 0.15) is 64.7 Å². The minimum atomic E-state index is -3.63. The molecule has 0 aliphatic heterocycles. The number of carboxylic acid groups (broad SMARTS) is 1. The summed E-state index contributed by atoms with van der Waals surface area (Å²) in [6.07, 6.45) is 22.9. The molecule has 0 aromatic carbocycles. The number of halogens is 2. The molecule has 1 N–H and O–H groups in total. The van der Waals surface area contributed by atoms with Gasteiger partial charge in [0.25, 0.3) is 0 Å². The molecule has 0 saturated heterocycles. The Morgan fingerprint density at radius 1 is 0.833 bits per heavy atom. The van der Waals surface area contributed by atoms with Crippen molar-refractivity contribution in [1.82, 2.24) is 0 Å². The fourth-order valence-corrected chi connectivity index (χ4v) is 1.93. The summed E-state index contributed by atoms with van der Waals surface area (Å²) >= 11 is 0. The van der Waals surface area contributed by atoms with Crippen LogP contribution in [-0.2, 0) is 4.79 Å². The van der Waals surface area contributed by atoms with Gasteiger partial charge in [0, 0.05) is 6.42 Å². The average molecular weight is 340 g/mol. The molecule has 2 nitrogen and oxygen atoms in total. The minimum absolute atomic E-state index is 0.0671. The second-order valence-corrected chi connectivity index (χ2v) is 5.64. The number of aliphatic carboxylic acids is 1. The first-order valence-corrected chi connectivity index (χ1v) is 8.72. The molecule has 0 heterocycles. The molecule has 24 heavy (non-hydrogen) atoms. The maximum Gasteiger partial charge on any atom is 0.374 e. The van der Waals surface area contributed by atoms with Gasteiger partial charge in [-0.05, 0) is 38.5 Å². The Kier molecular flexibility index (Phi) is 13.8. The number of carbonyl (C=O) groups is 1. The van der Waals surface area contributed by atoms with E-state index < -0.39 is 18.3 Å². The van der Waals surface area contributed by atoms with Crippen LogP contribution >= 0.6 is 0 Å². The second-order valence-electron chi connectivity index (χ2n) is 5.64. The SMILES string of the molecule is CCCCC/C=C/C/C=C/C/C=C/C/C=C/CCC(F)(F)C(=O)O. The maximum atomic E-state index is 12.8. The number of rotatable bonds is 14. The molecule has 4 heteroatoms. The fourth-order valence-electron chi connectivity index (χ4n) is 1.93. The summed E-state index contributed by atoms with van der Waals surface area (Å²) in [5.41, 5.74) is 0. The monoisotopic (exact) mass is 340 g/mol. The molecule has 136 valence electrons. The number of allylic oxidation sites excluding steroid dienone is 8. The van der Waals surface area contributed by atoms with Gasteiger partial charge in [-0.3, -0.25) is 0 Å². The predicted octanol–water partition coefficient (Wildman–Crippen LogP) is 6.46. The van der Waals surface area contributed by atoms with E-state index in [1.807, 2.05) is 12.2 Å². The zero-order chi connectivity index (χ0) is 18.1. The standard InChI is InChI=1S/C20H30F2O2/c1-2-3-4-5-6-7-8-9-10-11-12-13-14-15-16-17-18-20(21,22)19(23)24/h6-7,9-10,12-13,15-16H,2-5,8,11,14,17-18H2,1H3,(H,23,24)/b7-6+,10-9+,13-12+,16-15+. The Morgan fingerprint density at radius 3 is 1.75 bits per heavy atom. The molecule has 0 aliphatic rings. The third-order valence-corrected chi connectivity index (χ3v) is 3.40. The van der Waals surface area contributed by atoms with E-state index in [4.69, 9.17) is 5.11 Å². The van der Waals surface area contributed by atoms with Crippen molar-refractivity contribution in [3.05, 3.63) is 48.6 Å². The molecule has 0 amide bonds. The molecule has 0 aromatic heterocycles. The van der Waals surface area contributed by atoms with Crippen LogP contribution in [0.25, 0.3) is 0 Å². The lowest BCUT2D eigenvalue weighted by molar-refractivity contribution is -0.165. The van der Waals surface area contributed by atoms with Gasteiger partial charge >= 0.3 is 11.9 Å². The van der Waals surface area contributed by atoms with E-state index >= 15 is 0 Å². The van der Waals surface area contributed by atoms with Gasteiger partial charge in [0.15, 0.2) is 0 Å². The molecule has 0 rings (SSSR count). The summed E-state index contributed by atoms with van der Waals surface area (Å²) in [5.74, 6) is -5.69. The Labute approximate surface area is 144 Å². The highest BCUT2D eigenvalue weighted by Crippen LogP contribution is 2.20. The van der Waals surface area contributed by atoms with Crippen LogP contribution in [0.4, 0.5) is 8.78 Å². The summed E-state index contributed by atoms with van der Waals surface area (Å²) in [6, 6.07) is 0. The molecule has 0 aromatic rings. The first kappa shape index (κ1) is 22.3. The van der Waals surface area contributed by atoms with Gasteiger partial charge in [-0.1, -0.05) is 68.4 Å². The maximum absolute atomic E-state index is 12.8. The lowest BCUT2D eigenvalue weighted by Crippen LogP contribution is -2.27. The van der Waals surface area contributed by atoms with E-state index in [1.54, 1.807) is 12.2 Å². The van der Waals surface area contributed by atoms with Gasteiger partial charge in [-0.15, -0.1) is 0 Å². The summed E-state index contributed by atoms with van der Waals surface area (Å²) in [6.45, 7) is 2.20. The first-order chi connectivity index (χ1) is 11.5. The van der Waals surface area contributed by atoms with Crippen LogP contribution < -0.4 is 0 Å². The van der Waals surface area contributed by atoms with Gasteiger partial charge in [-0.25, -0.2) is 4.79 Å². The van der Waals surface area contributed by atoms with Crippen molar-refractivity contribution in [2.75, 3.05) is 0 Å². The van der Waals surface area contributed by atoms with E-state index in [1.165, 1.54) is 19.3 Å². The van der Waals surface area contributed by atoms with Crippen LogP contribution in [0.15, 0.2) is 48.6 Å². The van der Waals surface area contributed by atoms with Gasteiger partial charge in [0.05, 0.1) is 0 Å². The lowest BCUT2D eigenvalue weighted by Gasteiger charge is -2.08. The topological polar surface area (TPSA) is 37.3 Å². The zero-order valence-electron chi connectivity index (χ0n) is 14.6. The highest BCUT2D eigenvalue weighted by molar-refractivity contribution is 5.75. The number of alkyl halides is 2. The molecule has 0 saturated carbocycles. The van der Waals surface area contributed by atoms with Gasteiger partial charge in [0.2, 0.25) is 0 Å². The van der Waals surface area contributed by atoms with Crippen LogP contribution in [-0.4, -0.2) is 17.0 Å². The smallest absolute Gasteiger partial charge is 0.374 e. The largest absolute Gasteiger partial charge is 0.477 e. The number of hydrogen-bond acceptors (Lipinski definition) is 1. The summed E-state index contributed by atoms with van der Waals surface area (Å²) in [5, 5.41) is 8.27. The first-order valence-electron chi connectivity index (χ1n) is 8.72. The molecular formula is C20H30F2O2. The quantitative estimate of drug-likeness (QED) is 0.291. The molecule has 0 unspecified atom stereocenters. The van der Waals surface area contributed by atoms with Crippen molar-refractivity contribution in [3.63, 3.8) is 0 Å². The van der Waals surface area contributed by atoms with E-state index in [2.05, 4.69) is 31.2 Å². The van der Waals surface area contributed by atoms with E-state index in [0.29, 0.717) is 6.42 Å². The van der Waals surface area contributed by atoms with Crippen molar-refractivity contribution in [2.45, 2.75) is 70.6 Å². The Balaban J connectivity index is 3.60. The van der Waals surface area contributed by atoms with Crippen LogP contribution in [0.2, 0.25) is 0 Å². The van der Waals surface area contributed by atoms with Crippen molar-refractivity contribution >= 4 is 5.97 Å². The van der Waals surface area contributed by atoms with Crippen LogP contribution in [0, 0.1) is 0 Å². The van der Waals surface area contributed by atoms with Crippen LogP contribution in [0.5, 0.6) is 0 Å². The Bertz CT molecular complexity index is 435. The van der Waals surface area contributed by atoms with E-state index in [0.717, 1.165) is 19.3 Å². The van der Waals surface area contributed by atoms with Crippen molar-refractivity contribution in [1.29, 1.82) is 0 Å². The summed E-state index contributed by atoms with van der Waals surface area (Å²) < 4.78 is 25.5. The molecular weight excluding hydrogens is 310 g/mol. The van der Waals surface area contributed by atoms with Gasteiger partial charge in [-0.2, -0.15) is 8.78 Å². The molecule has 0 atom stereocenters. The molecule has 0 radical (unpaired) electrons. The number of carboxylic acids is 1. The number of hydrogen-bond donors (Lipinski definition) is 1. The van der Waals surface area contributed by atoms with Gasteiger partial charge in [0.1, 0.15) is 0 Å². The van der Waals surface area contributed by atoms with E-state index in [9.17, 15) is 13.6 Å². The third kappa shape index (κ3) is 13.9. The minimum Gasteiger partial charge on any atom is -0.477 e. The molecule has 0 bridgehead atoms. The predicted molar refractivity (Wildman–Crippen MR) is 96.4 cm³/mol. The van der Waals surface area contributed by atoms with Gasteiger partial charge < -0.3 is 5.11 Å². The molecule has 0 spiro atoms. The Morgan fingerprint density at radius 2 is 1.29 bits per heavy atom. The van der Waals surface area contributed by atoms with Crippen LogP contribution in [0.3, 0.4) is 0 Å². The average Bonchev–Trinajstić information content (AvgIpc) is 2.54. The molecule has 0 fully saturated rings. The lowest BCUT2D eigenvalue weighted by atomic mass is 10.1. The van der Waals surface area contributed by atoms with Crippen molar-refractivity contribution in [3.8, 4) is 0 Å². The third-order valence-electron chi connectivity index (χ3n) is 3.40. The van der Waals surface area contributed by atoms with Crippen molar-refractivity contribution < 1.29 is 18.7 Å². The number of unbranched alkanes of at least 4 members (excludes halogenated alkanes) is 3. The molecule has 0 aliphatic carbocycles. The summed E-state index contributed by atoms with van der Waals surface area (Å²) in [7, 11) is 0. The zero-order valence-corrected chi connectivity index (χ0v) is 14.6. The Hall–Kier alpha value is -1.71.